The molecule has 1 saturated heterocycles. The second-order valence-corrected chi connectivity index (χ2v) is 4.44. The summed E-state index contributed by atoms with van der Waals surface area (Å²) in [6, 6.07) is 1.14. The molecule has 0 aromatic carbocycles. The zero-order chi connectivity index (χ0) is 11.3. The van der Waals surface area contributed by atoms with E-state index >= 15 is 0 Å². The second kappa shape index (κ2) is 6.08. The van der Waals surface area contributed by atoms with Gasteiger partial charge in [0.15, 0.2) is 0 Å². The average Bonchev–Trinajstić information content (AvgIpc) is 2.15. The maximum absolute atomic E-state index is 10.3. The van der Waals surface area contributed by atoms with Crippen molar-refractivity contribution >= 4 is 5.97 Å². The summed E-state index contributed by atoms with van der Waals surface area (Å²) < 4.78 is 0. The van der Waals surface area contributed by atoms with Crippen molar-refractivity contribution in [3.05, 3.63) is 0 Å². The topological polar surface area (TPSA) is 52.6 Å². The van der Waals surface area contributed by atoms with E-state index in [4.69, 9.17) is 5.11 Å². The summed E-state index contributed by atoms with van der Waals surface area (Å²) in [6.07, 6.45) is 4.72. The summed E-state index contributed by atoms with van der Waals surface area (Å²) in [5.74, 6) is -0.712. The van der Waals surface area contributed by atoms with E-state index in [1.807, 2.05) is 0 Å². The van der Waals surface area contributed by atoms with Crippen molar-refractivity contribution in [2.75, 3.05) is 6.54 Å². The standard InChI is InChI=1S/C11H22N2O2/c1-9-5-3-6-10(2)13(9)12-8-4-7-11(14)15/h9-10,12H,3-8H2,1-2H3,(H,14,15). The Labute approximate surface area is 91.6 Å². The number of nitrogens with one attached hydrogen (secondary N) is 1. The minimum Gasteiger partial charge on any atom is -0.481 e. The summed E-state index contributed by atoms with van der Waals surface area (Å²) in [5, 5.41) is 10.8. The van der Waals surface area contributed by atoms with Gasteiger partial charge in [-0.3, -0.25) is 10.2 Å². The number of hydrazine groups is 1. The van der Waals surface area contributed by atoms with Gasteiger partial charge < -0.3 is 5.11 Å². The number of piperidine rings is 1. The van der Waals surface area contributed by atoms with Crippen molar-refractivity contribution in [2.45, 2.75) is 58.0 Å². The summed E-state index contributed by atoms with van der Waals surface area (Å²) in [7, 11) is 0. The van der Waals surface area contributed by atoms with Gasteiger partial charge in [-0.2, -0.15) is 0 Å². The highest BCUT2D eigenvalue weighted by atomic mass is 16.4. The number of hydrogen-bond donors (Lipinski definition) is 2. The number of carbonyl (C=O) groups is 1. The molecule has 1 heterocycles. The highest BCUT2D eigenvalue weighted by Gasteiger charge is 2.23. The number of nitrogens with zero attached hydrogens (tertiary/aromatic N) is 1. The molecule has 2 unspecified atom stereocenters. The van der Waals surface area contributed by atoms with Gasteiger partial charge in [0.25, 0.3) is 0 Å². The van der Waals surface area contributed by atoms with Crippen LogP contribution < -0.4 is 5.43 Å². The Bertz CT molecular complexity index is 199. The highest BCUT2D eigenvalue weighted by molar-refractivity contribution is 5.66. The van der Waals surface area contributed by atoms with Gasteiger partial charge >= 0.3 is 5.97 Å². The van der Waals surface area contributed by atoms with Crippen molar-refractivity contribution in [3.63, 3.8) is 0 Å². The minimum absolute atomic E-state index is 0.254. The van der Waals surface area contributed by atoms with Crippen molar-refractivity contribution in [1.29, 1.82) is 0 Å². The van der Waals surface area contributed by atoms with E-state index in [0.29, 0.717) is 18.5 Å². The third kappa shape index (κ3) is 4.18. The van der Waals surface area contributed by atoms with E-state index in [9.17, 15) is 4.79 Å². The van der Waals surface area contributed by atoms with Crippen molar-refractivity contribution in [3.8, 4) is 0 Å². The molecular formula is C11H22N2O2. The fourth-order valence-electron chi connectivity index (χ4n) is 2.18. The summed E-state index contributed by atoms with van der Waals surface area (Å²) in [6.45, 7) is 5.21. The van der Waals surface area contributed by atoms with Crippen LogP contribution in [0.15, 0.2) is 0 Å². The van der Waals surface area contributed by atoms with E-state index in [2.05, 4.69) is 24.3 Å². The number of hydrogen-bond acceptors (Lipinski definition) is 3. The quantitative estimate of drug-likeness (QED) is 0.683. The molecule has 2 N–H and O–H groups in total. The van der Waals surface area contributed by atoms with Crippen molar-refractivity contribution in [2.24, 2.45) is 0 Å². The predicted molar refractivity (Wildman–Crippen MR) is 59.5 cm³/mol. The van der Waals surface area contributed by atoms with Gasteiger partial charge in [0.2, 0.25) is 0 Å². The lowest BCUT2D eigenvalue weighted by Crippen LogP contribution is -2.52. The first-order valence-electron chi connectivity index (χ1n) is 5.85. The van der Waals surface area contributed by atoms with Crippen LogP contribution in [0.25, 0.3) is 0 Å². The van der Waals surface area contributed by atoms with Crippen molar-refractivity contribution in [1.82, 2.24) is 10.4 Å². The number of carboxylic acid groups (broad SMARTS) is 1. The molecule has 0 bridgehead atoms. The molecule has 1 fully saturated rings. The molecule has 0 aromatic heterocycles. The Morgan fingerprint density at radius 3 is 2.53 bits per heavy atom. The zero-order valence-corrected chi connectivity index (χ0v) is 9.70. The Hall–Kier alpha value is -0.610. The molecule has 1 aliphatic heterocycles. The number of carboxylic acids is 1. The molecule has 4 heteroatoms. The van der Waals surface area contributed by atoms with Crippen LogP contribution in [-0.2, 0) is 4.79 Å². The molecule has 0 spiro atoms. The first-order chi connectivity index (χ1) is 7.11. The van der Waals surface area contributed by atoms with Gasteiger partial charge in [0.05, 0.1) is 0 Å². The Morgan fingerprint density at radius 1 is 1.40 bits per heavy atom. The maximum atomic E-state index is 10.3. The number of rotatable bonds is 5. The fourth-order valence-corrected chi connectivity index (χ4v) is 2.18. The first-order valence-corrected chi connectivity index (χ1v) is 5.85. The van der Waals surface area contributed by atoms with Crippen LogP contribution in [0.4, 0.5) is 0 Å². The van der Waals surface area contributed by atoms with Crippen LogP contribution >= 0.6 is 0 Å². The van der Waals surface area contributed by atoms with Gasteiger partial charge in [-0.15, -0.1) is 0 Å². The van der Waals surface area contributed by atoms with Crippen LogP contribution in [0.1, 0.15) is 46.0 Å². The lowest BCUT2D eigenvalue weighted by atomic mass is 10.00. The van der Waals surface area contributed by atoms with Gasteiger partial charge in [-0.1, -0.05) is 6.42 Å². The van der Waals surface area contributed by atoms with E-state index in [1.54, 1.807) is 0 Å². The molecule has 4 nitrogen and oxygen atoms in total. The molecule has 0 aliphatic carbocycles. The third-order valence-electron chi connectivity index (χ3n) is 3.06. The average molecular weight is 214 g/mol. The molecule has 0 aromatic rings. The van der Waals surface area contributed by atoms with E-state index in [0.717, 1.165) is 6.54 Å². The number of aliphatic carboxylic acids is 1. The highest BCUT2D eigenvalue weighted by Crippen LogP contribution is 2.19. The first kappa shape index (κ1) is 12.5. The Balaban J connectivity index is 2.20. The van der Waals surface area contributed by atoms with Crippen LogP contribution in [0.3, 0.4) is 0 Å². The van der Waals surface area contributed by atoms with Crippen LogP contribution in [0.5, 0.6) is 0 Å². The molecular weight excluding hydrogens is 192 g/mol. The van der Waals surface area contributed by atoms with Crippen molar-refractivity contribution < 1.29 is 9.90 Å². The summed E-state index contributed by atoms with van der Waals surface area (Å²) in [4.78, 5) is 10.3. The lowest BCUT2D eigenvalue weighted by Gasteiger charge is -2.39. The van der Waals surface area contributed by atoms with E-state index in [-0.39, 0.29) is 6.42 Å². The predicted octanol–water partition coefficient (Wildman–Crippen LogP) is 1.62. The van der Waals surface area contributed by atoms with Crippen LogP contribution in [0, 0.1) is 0 Å². The molecule has 0 saturated carbocycles. The molecule has 1 rings (SSSR count). The van der Waals surface area contributed by atoms with Gasteiger partial charge in [0.1, 0.15) is 0 Å². The zero-order valence-electron chi connectivity index (χ0n) is 9.70. The summed E-state index contributed by atoms with van der Waals surface area (Å²) >= 11 is 0. The maximum Gasteiger partial charge on any atom is 0.303 e. The second-order valence-electron chi connectivity index (χ2n) is 4.44. The Morgan fingerprint density at radius 2 is 2.00 bits per heavy atom. The van der Waals surface area contributed by atoms with Crippen LogP contribution in [-0.4, -0.2) is 34.7 Å². The smallest absolute Gasteiger partial charge is 0.303 e. The molecule has 0 radical (unpaired) electrons. The fraction of sp³-hybridized carbons (Fsp3) is 0.909. The van der Waals surface area contributed by atoms with E-state index in [1.165, 1.54) is 19.3 Å². The third-order valence-corrected chi connectivity index (χ3v) is 3.06. The lowest BCUT2D eigenvalue weighted by molar-refractivity contribution is -0.137. The monoisotopic (exact) mass is 214 g/mol. The van der Waals surface area contributed by atoms with E-state index < -0.39 is 5.97 Å². The molecule has 0 amide bonds. The molecule has 2 atom stereocenters. The van der Waals surface area contributed by atoms with Gasteiger partial charge in [-0.05, 0) is 33.1 Å². The molecule has 88 valence electrons. The normalized spacial score (nSPS) is 27.9. The minimum atomic E-state index is -0.712. The largest absolute Gasteiger partial charge is 0.481 e. The molecule has 1 aliphatic rings. The van der Waals surface area contributed by atoms with Crippen LogP contribution in [0.2, 0.25) is 0 Å². The summed E-state index contributed by atoms with van der Waals surface area (Å²) in [5.41, 5.74) is 3.35. The van der Waals surface area contributed by atoms with Gasteiger partial charge in [-0.25, -0.2) is 5.01 Å². The van der Waals surface area contributed by atoms with Gasteiger partial charge in [0, 0.05) is 25.0 Å². The molecule has 15 heavy (non-hydrogen) atoms. The SMILES string of the molecule is CC1CCCC(C)N1NCCCC(=O)O. The Kier molecular flexibility index (Phi) is 5.05.